The largest absolute Gasteiger partial charge is 0.463 e. The van der Waals surface area contributed by atoms with Crippen LogP contribution in [0.5, 0.6) is 0 Å². The number of rotatable bonds is 16. The van der Waals surface area contributed by atoms with Crippen molar-refractivity contribution >= 4 is 21.7 Å². The Hall–Kier alpha value is -2.13. The molecule has 0 saturated carbocycles. The van der Waals surface area contributed by atoms with Gasteiger partial charge in [0.2, 0.25) is 10.0 Å². The van der Waals surface area contributed by atoms with Crippen molar-refractivity contribution in [2.45, 2.75) is 107 Å². The van der Waals surface area contributed by atoms with E-state index in [-0.39, 0.29) is 30.7 Å². The molecule has 1 fully saturated rings. The molecule has 1 aromatic carbocycles. The molecule has 11 nitrogen and oxygen atoms in total. The second-order valence-electron chi connectivity index (χ2n) is 10.8. The number of aliphatic hydroxyl groups excluding tert-OH is 4. The highest BCUT2D eigenvalue weighted by molar-refractivity contribution is 7.93. The second-order valence-corrected chi connectivity index (χ2v) is 12.7. The third kappa shape index (κ3) is 8.49. The first-order valence-electron chi connectivity index (χ1n) is 14.6. The van der Waals surface area contributed by atoms with Crippen molar-refractivity contribution in [2.24, 2.45) is 0 Å². The number of esters is 1. The van der Waals surface area contributed by atoms with Crippen LogP contribution < -0.4 is 4.72 Å². The van der Waals surface area contributed by atoms with Crippen LogP contribution in [-0.4, -0.2) is 90.1 Å². The third-order valence-corrected chi connectivity index (χ3v) is 9.35. The molecule has 238 valence electrons. The Morgan fingerprint density at radius 3 is 2.29 bits per heavy atom. The predicted molar refractivity (Wildman–Crippen MR) is 152 cm³/mol. The van der Waals surface area contributed by atoms with E-state index >= 15 is 0 Å². The van der Waals surface area contributed by atoms with E-state index in [1.54, 1.807) is 6.92 Å². The summed E-state index contributed by atoms with van der Waals surface area (Å²) in [7, 11) is -4.27. The highest BCUT2D eigenvalue weighted by atomic mass is 32.2. The number of nitrogens with one attached hydrogen (secondary N) is 1. The Morgan fingerprint density at radius 1 is 1.07 bits per heavy atom. The zero-order valence-corrected chi connectivity index (χ0v) is 25.0. The molecular weight excluding hydrogens is 573 g/mol. The van der Waals surface area contributed by atoms with Gasteiger partial charge in [0, 0.05) is 6.42 Å². The van der Waals surface area contributed by atoms with Crippen LogP contribution in [0.1, 0.15) is 70.8 Å². The normalized spacial score (nSPS) is 25.7. The Labute approximate surface area is 246 Å². The van der Waals surface area contributed by atoms with Crippen LogP contribution >= 0.6 is 0 Å². The Balaban J connectivity index is 1.88. The number of carbonyl (C=O) groups is 1. The highest BCUT2D eigenvalue weighted by Crippen LogP contribution is 2.43. The maximum absolute atomic E-state index is 14.1. The van der Waals surface area contributed by atoms with Crippen molar-refractivity contribution in [1.82, 2.24) is 0 Å². The van der Waals surface area contributed by atoms with Gasteiger partial charge in [-0.3, -0.25) is 4.72 Å². The molecule has 3 rings (SSSR count). The first-order valence-corrected chi connectivity index (χ1v) is 16.2. The van der Waals surface area contributed by atoms with Gasteiger partial charge in [-0.2, -0.15) is 0 Å². The van der Waals surface area contributed by atoms with Gasteiger partial charge in [-0.05, 0) is 56.0 Å². The summed E-state index contributed by atoms with van der Waals surface area (Å²) in [6, 6.07) is 3.84. The lowest BCUT2D eigenvalue weighted by molar-refractivity contribution is -0.164. The number of hydrogen-bond donors (Lipinski definition) is 5. The minimum absolute atomic E-state index is 0.0385. The summed E-state index contributed by atoms with van der Waals surface area (Å²) in [6.45, 7) is 2.20. The number of halogens is 1. The molecule has 5 unspecified atom stereocenters. The van der Waals surface area contributed by atoms with Crippen molar-refractivity contribution in [3.8, 4) is 0 Å². The van der Waals surface area contributed by atoms with Crippen LogP contribution in [0.2, 0.25) is 0 Å². The van der Waals surface area contributed by atoms with E-state index in [1.807, 2.05) is 0 Å². The minimum atomic E-state index is -4.27. The maximum atomic E-state index is 14.1. The van der Waals surface area contributed by atoms with Crippen LogP contribution in [0.4, 0.5) is 10.1 Å². The smallest absolute Gasteiger partial charge is 0.335 e. The molecular formula is C29H44FNO10S. The van der Waals surface area contributed by atoms with Gasteiger partial charge in [0.25, 0.3) is 0 Å². The number of aliphatic hydroxyl groups is 4. The van der Waals surface area contributed by atoms with Crippen LogP contribution in [0.15, 0.2) is 29.8 Å². The van der Waals surface area contributed by atoms with Crippen molar-refractivity contribution in [3.05, 3.63) is 41.2 Å². The molecule has 5 atom stereocenters. The summed E-state index contributed by atoms with van der Waals surface area (Å²) < 4.78 is 61.0. The van der Waals surface area contributed by atoms with E-state index in [0.29, 0.717) is 12.0 Å². The molecule has 42 heavy (non-hydrogen) atoms. The maximum Gasteiger partial charge on any atom is 0.335 e. The molecule has 0 bridgehead atoms. The monoisotopic (exact) mass is 617 g/mol. The SMILES string of the molecule is CCCCCCCCc1cc(F)ccc1NS(=O)(=O)C1CCC2(C=C1C(=O)OCC)OC(C(O)CO)C(C(O)CO)O2. The molecule has 2 aliphatic rings. The standard InChI is InChI=1S/C29H44FNO10S/c1-3-5-6-7-8-9-10-19-15-20(30)11-12-22(19)31-42(37,38)25-13-14-29(16-21(25)28(36)39-4-2)40-26(23(34)17-32)27(41-29)24(35)18-33/h11-12,15-16,23-27,31-35H,3-10,13-14,17-18H2,1-2H3. The lowest BCUT2D eigenvalue weighted by Gasteiger charge is -2.34. The number of anilines is 1. The Morgan fingerprint density at radius 2 is 1.69 bits per heavy atom. The molecule has 1 aromatic rings. The first-order chi connectivity index (χ1) is 20.0. The summed E-state index contributed by atoms with van der Waals surface area (Å²) in [6.07, 6.45) is 1.97. The fourth-order valence-electron chi connectivity index (χ4n) is 5.42. The highest BCUT2D eigenvalue weighted by Gasteiger charge is 2.55. The first kappa shape index (κ1) is 34.4. The van der Waals surface area contributed by atoms with Crippen LogP contribution in [0, 0.1) is 5.82 Å². The number of benzene rings is 1. The second kappa shape index (κ2) is 15.6. The number of aryl methyl sites for hydroxylation is 1. The van der Waals surface area contributed by atoms with Crippen molar-refractivity contribution < 1.29 is 52.2 Å². The van der Waals surface area contributed by atoms with Gasteiger partial charge in [-0.25, -0.2) is 17.6 Å². The van der Waals surface area contributed by atoms with Crippen LogP contribution in [0.3, 0.4) is 0 Å². The van der Waals surface area contributed by atoms with E-state index in [2.05, 4.69) is 11.6 Å². The number of hydrogen-bond acceptors (Lipinski definition) is 10. The molecule has 1 aliphatic carbocycles. The van der Waals surface area contributed by atoms with E-state index in [4.69, 9.17) is 14.2 Å². The van der Waals surface area contributed by atoms with Gasteiger partial charge >= 0.3 is 5.97 Å². The van der Waals surface area contributed by atoms with Gasteiger partial charge in [-0.1, -0.05) is 39.0 Å². The molecule has 5 N–H and O–H groups in total. The fraction of sp³-hybridized carbons (Fsp3) is 0.690. The van der Waals surface area contributed by atoms with E-state index < -0.39 is 70.5 Å². The van der Waals surface area contributed by atoms with Gasteiger partial charge < -0.3 is 34.6 Å². The number of ether oxygens (including phenoxy) is 3. The average molecular weight is 618 g/mol. The Bertz CT molecular complexity index is 1160. The van der Waals surface area contributed by atoms with Crippen LogP contribution in [-0.2, 0) is 35.4 Å². The summed E-state index contributed by atoms with van der Waals surface area (Å²) >= 11 is 0. The minimum Gasteiger partial charge on any atom is -0.463 e. The quantitative estimate of drug-likeness (QED) is 0.137. The van der Waals surface area contributed by atoms with Gasteiger partial charge in [0.1, 0.15) is 35.5 Å². The van der Waals surface area contributed by atoms with E-state index in [0.717, 1.165) is 38.5 Å². The van der Waals surface area contributed by atoms with E-state index in [9.17, 15) is 38.0 Å². The average Bonchev–Trinajstić information content (AvgIpc) is 3.33. The zero-order chi connectivity index (χ0) is 30.9. The molecule has 0 radical (unpaired) electrons. The lowest BCUT2D eigenvalue weighted by Crippen LogP contribution is -2.45. The number of carbonyl (C=O) groups excluding carboxylic acids is 1. The molecule has 1 saturated heterocycles. The molecule has 1 heterocycles. The zero-order valence-electron chi connectivity index (χ0n) is 24.2. The summed E-state index contributed by atoms with van der Waals surface area (Å²) in [5.74, 6) is -3.13. The summed E-state index contributed by atoms with van der Waals surface area (Å²) in [5.41, 5.74) is 0.456. The molecule has 1 spiro atoms. The summed E-state index contributed by atoms with van der Waals surface area (Å²) in [5, 5.41) is 38.1. The molecule has 1 aliphatic heterocycles. The van der Waals surface area contributed by atoms with Crippen molar-refractivity contribution in [2.75, 3.05) is 24.5 Å². The number of sulfonamides is 1. The molecule has 13 heteroatoms. The fourth-order valence-corrected chi connectivity index (χ4v) is 6.99. The molecule has 0 amide bonds. The molecule has 0 aromatic heterocycles. The van der Waals surface area contributed by atoms with Gasteiger partial charge in [-0.15, -0.1) is 0 Å². The Kier molecular flexibility index (Phi) is 12.7. The van der Waals surface area contributed by atoms with Gasteiger partial charge in [0.15, 0.2) is 5.79 Å². The lowest BCUT2D eigenvalue weighted by atomic mass is 9.94. The van der Waals surface area contributed by atoms with Crippen molar-refractivity contribution in [3.63, 3.8) is 0 Å². The predicted octanol–water partition coefficient (Wildman–Crippen LogP) is 2.31. The van der Waals surface area contributed by atoms with E-state index in [1.165, 1.54) is 24.3 Å². The number of unbranched alkanes of at least 4 members (excludes halogenated alkanes) is 5. The summed E-state index contributed by atoms with van der Waals surface area (Å²) in [4.78, 5) is 13.0. The van der Waals surface area contributed by atoms with Gasteiger partial charge in [0.05, 0.1) is 31.1 Å². The van der Waals surface area contributed by atoms with Crippen molar-refractivity contribution in [1.29, 1.82) is 0 Å². The third-order valence-electron chi connectivity index (χ3n) is 7.61. The van der Waals surface area contributed by atoms with Crippen LogP contribution in [0.25, 0.3) is 0 Å². The topological polar surface area (TPSA) is 172 Å².